The first kappa shape index (κ1) is 29.1. The summed E-state index contributed by atoms with van der Waals surface area (Å²) in [5, 5.41) is 0.327. The Hall–Kier alpha value is -3.43. The Bertz CT molecular complexity index is 1400. The molecule has 0 saturated carbocycles. The molecule has 3 aromatic carbocycles. The summed E-state index contributed by atoms with van der Waals surface area (Å²) in [6.07, 6.45) is 3.12. The Kier molecular flexibility index (Phi) is 9.88. The molecule has 3 rings (SSSR count). The highest BCUT2D eigenvalue weighted by Gasteiger charge is 2.34. The van der Waals surface area contributed by atoms with Crippen LogP contribution in [0.4, 0.5) is 14.5 Å². The van der Waals surface area contributed by atoms with Crippen molar-refractivity contribution in [1.29, 1.82) is 0 Å². The molecular formula is C28H29ClF2N2O4S. The second-order valence-corrected chi connectivity index (χ2v) is 10.6. The van der Waals surface area contributed by atoms with Gasteiger partial charge >= 0.3 is 0 Å². The number of hydrogen-bond donors (Lipinski definition) is 0. The lowest BCUT2D eigenvalue weighted by molar-refractivity contribution is -0.126. The molecule has 6 nitrogen and oxygen atoms in total. The highest BCUT2D eigenvalue weighted by atomic mass is 35.5. The fourth-order valence-corrected chi connectivity index (χ4v) is 5.70. The number of sulfonamides is 1. The van der Waals surface area contributed by atoms with Crippen LogP contribution in [0.5, 0.6) is 5.75 Å². The fourth-order valence-electron chi connectivity index (χ4n) is 3.94. The zero-order valence-electron chi connectivity index (χ0n) is 21.3. The zero-order chi connectivity index (χ0) is 27.9. The number of rotatable bonds is 11. The van der Waals surface area contributed by atoms with Gasteiger partial charge in [0, 0.05) is 23.2 Å². The summed E-state index contributed by atoms with van der Waals surface area (Å²) in [6.45, 7) is 6.09. The van der Waals surface area contributed by atoms with Crippen LogP contribution in [0.1, 0.15) is 32.4 Å². The molecule has 0 fully saturated rings. The van der Waals surface area contributed by atoms with Gasteiger partial charge in [-0.1, -0.05) is 35.9 Å². The normalized spacial score (nSPS) is 12.4. The highest BCUT2D eigenvalue weighted by molar-refractivity contribution is 7.92. The molecule has 1 atom stereocenters. The van der Waals surface area contributed by atoms with Gasteiger partial charge in [-0.05, 0) is 69.3 Å². The number of ether oxygens (including phenoxy) is 1. The van der Waals surface area contributed by atoms with Crippen LogP contribution in [-0.4, -0.2) is 38.9 Å². The van der Waals surface area contributed by atoms with Crippen molar-refractivity contribution in [1.82, 2.24) is 4.90 Å². The van der Waals surface area contributed by atoms with Crippen LogP contribution in [0.3, 0.4) is 0 Å². The van der Waals surface area contributed by atoms with Gasteiger partial charge in [-0.2, -0.15) is 0 Å². The lowest BCUT2D eigenvalue weighted by Gasteiger charge is -2.32. The van der Waals surface area contributed by atoms with Crippen LogP contribution in [0.2, 0.25) is 5.02 Å². The zero-order valence-corrected chi connectivity index (χ0v) is 22.8. The molecule has 1 unspecified atom stereocenters. The van der Waals surface area contributed by atoms with Gasteiger partial charge in [-0.25, -0.2) is 17.2 Å². The Morgan fingerprint density at radius 2 is 1.76 bits per heavy atom. The molecule has 0 saturated heterocycles. The van der Waals surface area contributed by atoms with E-state index in [1.807, 2.05) is 6.92 Å². The molecule has 0 N–H and O–H groups in total. The van der Waals surface area contributed by atoms with E-state index in [1.165, 1.54) is 30.3 Å². The molecule has 202 valence electrons. The first-order chi connectivity index (χ1) is 18.1. The maximum atomic E-state index is 15.0. The number of benzene rings is 3. The summed E-state index contributed by atoms with van der Waals surface area (Å²) in [5.74, 6) is -1.50. The average Bonchev–Trinajstić information content (AvgIpc) is 2.89. The first-order valence-corrected chi connectivity index (χ1v) is 13.8. The van der Waals surface area contributed by atoms with Crippen molar-refractivity contribution < 1.29 is 26.7 Å². The van der Waals surface area contributed by atoms with Crippen LogP contribution < -0.4 is 9.04 Å². The van der Waals surface area contributed by atoms with Gasteiger partial charge in [0.2, 0.25) is 5.91 Å². The predicted octanol–water partition coefficient (Wildman–Crippen LogP) is 6.38. The average molecular weight is 563 g/mol. The number of likely N-dealkylation sites (N-methyl/N-ethyl adjacent to an activating group) is 1. The smallest absolute Gasteiger partial charge is 0.264 e. The minimum atomic E-state index is -4.38. The fraction of sp³-hybridized carbons (Fsp3) is 0.250. The van der Waals surface area contributed by atoms with E-state index in [-0.39, 0.29) is 17.4 Å². The first-order valence-electron chi connectivity index (χ1n) is 12.0. The lowest BCUT2D eigenvalue weighted by Crippen LogP contribution is -2.35. The van der Waals surface area contributed by atoms with Crippen molar-refractivity contribution in [3.8, 4) is 5.75 Å². The quantitative estimate of drug-likeness (QED) is 0.254. The predicted molar refractivity (Wildman–Crippen MR) is 145 cm³/mol. The van der Waals surface area contributed by atoms with Crippen molar-refractivity contribution in [3.05, 3.63) is 101 Å². The van der Waals surface area contributed by atoms with Gasteiger partial charge in [0.1, 0.15) is 24.0 Å². The Morgan fingerprint density at radius 1 is 1.08 bits per heavy atom. The van der Waals surface area contributed by atoms with Gasteiger partial charge in [0.05, 0.1) is 23.2 Å². The SMILES string of the molecule is CC=CC(=O)N(CC)CCOc1ccccc1C(C)N(c1cc(F)ccc1F)S(=O)(=O)c1ccc(Cl)cc1. The minimum absolute atomic E-state index is 0.138. The molecule has 1 amide bonds. The van der Waals surface area contributed by atoms with Crippen LogP contribution in [0.15, 0.2) is 83.8 Å². The Balaban J connectivity index is 2.01. The van der Waals surface area contributed by atoms with Crippen LogP contribution in [-0.2, 0) is 14.8 Å². The molecule has 0 spiro atoms. The number of carbonyl (C=O) groups excluding carboxylic acids is 1. The van der Waals surface area contributed by atoms with E-state index in [0.29, 0.717) is 29.4 Å². The molecule has 0 bridgehead atoms. The molecule has 38 heavy (non-hydrogen) atoms. The number of carbonyl (C=O) groups is 1. The van der Waals surface area contributed by atoms with Gasteiger partial charge in [0.25, 0.3) is 10.0 Å². The van der Waals surface area contributed by atoms with E-state index in [4.69, 9.17) is 16.3 Å². The minimum Gasteiger partial charge on any atom is -0.491 e. The number of para-hydroxylation sites is 1. The molecular weight excluding hydrogens is 534 g/mol. The van der Waals surface area contributed by atoms with E-state index in [0.717, 1.165) is 22.5 Å². The van der Waals surface area contributed by atoms with Crippen molar-refractivity contribution in [2.24, 2.45) is 0 Å². The van der Waals surface area contributed by atoms with Crippen molar-refractivity contribution in [2.45, 2.75) is 31.7 Å². The van der Waals surface area contributed by atoms with Crippen LogP contribution in [0.25, 0.3) is 0 Å². The third-order valence-corrected chi connectivity index (χ3v) is 8.01. The number of nitrogens with zero attached hydrogens (tertiary/aromatic N) is 2. The standard InChI is InChI=1S/C28H29ClF2N2O4S/c1-4-8-28(34)32(5-2)17-18-37-27-10-7-6-9-24(27)20(3)33(26-19-22(30)13-16-25(26)31)38(35,36)23-14-11-21(29)12-15-23/h4,6-16,19-20H,5,17-18H2,1-3H3. The maximum Gasteiger partial charge on any atom is 0.264 e. The third kappa shape index (κ3) is 6.71. The van der Waals surface area contributed by atoms with Crippen LogP contribution in [0, 0.1) is 11.6 Å². The molecule has 10 heteroatoms. The summed E-state index contributed by atoms with van der Waals surface area (Å²) >= 11 is 5.94. The van der Waals surface area contributed by atoms with Crippen molar-refractivity contribution in [3.63, 3.8) is 0 Å². The second-order valence-electron chi connectivity index (χ2n) is 8.33. The number of hydrogen-bond acceptors (Lipinski definition) is 4. The van der Waals surface area contributed by atoms with Gasteiger partial charge in [-0.3, -0.25) is 9.10 Å². The number of halogens is 3. The lowest BCUT2D eigenvalue weighted by atomic mass is 10.1. The third-order valence-electron chi connectivity index (χ3n) is 5.86. The molecule has 0 heterocycles. The van der Waals surface area contributed by atoms with E-state index in [2.05, 4.69) is 0 Å². The number of allylic oxidation sites excluding steroid dienone is 1. The Labute approximate surface area is 227 Å². The van der Waals surface area contributed by atoms with E-state index in [9.17, 15) is 17.6 Å². The Morgan fingerprint density at radius 3 is 2.42 bits per heavy atom. The summed E-state index contributed by atoms with van der Waals surface area (Å²) in [6, 6.07) is 13.8. The highest BCUT2D eigenvalue weighted by Crippen LogP contribution is 2.38. The number of amides is 1. The van der Waals surface area contributed by atoms with Crippen molar-refractivity contribution in [2.75, 3.05) is 24.0 Å². The molecule has 0 aromatic heterocycles. The molecule has 0 aliphatic heterocycles. The molecule has 0 aliphatic rings. The van der Waals surface area contributed by atoms with Crippen molar-refractivity contribution >= 4 is 33.2 Å². The van der Waals surface area contributed by atoms with Gasteiger partial charge in [0.15, 0.2) is 0 Å². The summed E-state index contributed by atoms with van der Waals surface area (Å²) in [4.78, 5) is 13.7. The van der Waals surface area contributed by atoms with E-state index >= 15 is 4.39 Å². The summed E-state index contributed by atoms with van der Waals surface area (Å²) < 4.78 is 63.7. The largest absolute Gasteiger partial charge is 0.491 e. The molecule has 0 aliphatic carbocycles. The van der Waals surface area contributed by atoms with Gasteiger partial charge < -0.3 is 9.64 Å². The summed E-state index contributed by atoms with van der Waals surface area (Å²) in [7, 11) is -4.38. The maximum absolute atomic E-state index is 15.0. The topological polar surface area (TPSA) is 66.9 Å². The summed E-state index contributed by atoms with van der Waals surface area (Å²) in [5.41, 5.74) is -0.0205. The van der Waals surface area contributed by atoms with E-state index < -0.39 is 33.4 Å². The molecule has 3 aromatic rings. The second kappa shape index (κ2) is 12.9. The van der Waals surface area contributed by atoms with Crippen LogP contribution >= 0.6 is 11.6 Å². The number of anilines is 1. The van der Waals surface area contributed by atoms with E-state index in [1.54, 1.807) is 49.1 Å². The monoisotopic (exact) mass is 562 g/mol. The van der Waals surface area contributed by atoms with Gasteiger partial charge in [-0.15, -0.1) is 0 Å². The molecule has 0 radical (unpaired) electrons.